The van der Waals surface area contributed by atoms with Crippen molar-refractivity contribution in [2.24, 2.45) is 0 Å². The Hall–Kier alpha value is -1.73. The second kappa shape index (κ2) is 6.87. The van der Waals surface area contributed by atoms with Crippen molar-refractivity contribution in [1.82, 2.24) is 9.97 Å². The lowest BCUT2D eigenvalue weighted by molar-refractivity contribution is 0.0695. The van der Waals surface area contributed by atoms with Crippen LogP contribution in [0.5, 0.6) is 0 Å². The summed E-state index contributed by atoms with van der Waals surface area (Å²) in [6, 6.07) is 0. The summed E-state index contributed by atoms with van der Waals surface area (Å²) in [6.45, 7) is 2.93. The molecule has 7 heteroatoms. The second-order valence-electron chi connectivity index (χ2n) is 3.73. The molecule has 2 N–H and O–H groups in total. The van der Waals surface area contributed by atoms with Crippen LogP contribution in [0, 0.1) is 6.92 Å². The van der Waals surface area contributed by atoms with E-state index in [9.17, 15) is 4.79 Å². The van der Waals surface area contributed by atoms with Gasteiger partial charge in [0.25, 0.3) is 0 Å². The molecule has 1 aromatic heterocycles. The Kier molecular flexibility index (Phi) is 5.47. The van der Waals surface area contributed by atoms with Crippen molar-refractivity contribution in [2.45, 2.75) is 6.92 Å². The summed E-state index contributed by atoms with van der Waals surface area (Å²) >= 11 is 0. The number of aromatic carboxylic acids is 1. The summed E-state index contributed by atoms with van der Waals surface area (Å²) < 4.78 is 5.13. The number of aliphatic hydroxyl groups is 1. The number of carboxylic acids is 1. The average molecular weight is 255 g/mol. The van der Waals surface area contributed by atoms with Crippen molar-refractivity contribution >= 4 is 11.9 Å². The fourth-order valence-electron chi connectivity index (χ4n) is 1.32. The Morgan fingerprint density at radius 2 is 2.22 bits per heavy atom. The SMILES string of the molecule is Cc1nc(N(C)CCOCCO)ncc1C(=O)O. The van der Waals surface area contributed by atoms with Crippen LogP contribution in [-0.4, -0.2) is 59.6 Å². The second-order valence-corrected chi connectivity index (χ2v) is 3.73. The van der Waals surface area contributed by atoms with Gasteiger partial charge in [-0.2, -0.15) is 0 Å². The summed E-state index contributed by atoms with van der Waals surface area (Å²) in [7, 11) is 1.79. The summed E-state index contributed by atoms with van der Waals surface area (Å²) in [5, 5.41) is 17.4. The lowest BCUT2D eigenvalue weighted by Gasteiger charge is -2.17. The summed E-state index contributed by atoms with van der Waals surface area (Å²) in [6.07, 6.45) is 1.30. The van der Waals surface area contributed by atoms with Crippen molar-refractivity contribution < 1.29 is 19.7 Å². The van der Waals surface area contributed by atoms with Crippen LogP contribution in [0.15, 0.2) is 6.20 Å². The fraction of sp³-hybridized carbons (Fsp3) is 0.545. The number of rotatable bonds is 7. The van der Waals surface area contributed by atoms with Gasteiger partial charge in [-0.05, 0) is 6.92 Å². The molecule has 0 unspecified atom stereocenters. The molecule has 0 radical (unpaired) electrons. The number of anilines is 1. The maximum Gasteiger partial charge on any atom is 0.339 e. The van der Waals surface area contributed by atoms with Crippen LogP contribution < -0.4 is 4.90 Å². The number of carbonyl (C=O) groups is 1. The predicted octanol–water partition coefficient (Wildman–Crippen LogP) is -0.0717. The predicted molar refractivity (Wildman–Crippen MR) is 64.9 cm³/mol. The monoisotopic (exact) mass is 255 g/mol. The molecular weight excluding hydrogens is 238 g/mol. The van der Waals surface area contributed by atoms with Gasteiger partial charge < -0.3 is 19.8 Å². The van der Waals surface area contributed by atoms with Crippen molar-refractivity contribution in [3.05, 3.63) is 17.5 Å². The topological polar surface area (TPSA) is 95.8 Å². The zero-order chi connectivity index (χ0) is 13.5. The molecule has 0 aliphatic carbocycles. The van der Waals surface area contributed by atoms with Gasteiger partial charge in [-0.3, -0.25) is 0 Å². The van der Waals surface area contributed by atoms with Crippen LogP contribution in [0.1, 0.15) is 16.1 Å². The first-order valence-electron chi connectivity index (χ1n) is 5.53. The summed E-state index contributed by atoms with van der Waals surface area (Å²) in [4.78, 5) is 20.7. The molecule has 1 rings (SSSR count). The Bertz CT molecular complexity index is 411. The quantitative estimate of drug-likeness (QED) is 0.658. The molecule has 1 aromatic rings. The number of aryl methyl sites for hydroxylation is 1. The number of ether oxygens (including phenoxy) is 1. The minimum absolute atomic E-state index is 0.00731. The highest BCUT2D eigenvalue weighted by Crippen LogP contribution is 2.09. The molecule has 0 aliphatic rings. The number of hydrogen-bond acceptors (Lipinski definition) is 6. The molecule has 0 amide bonds. The van der Waals surface area contributed by atoms with E-state index in [4.69, 9.17) is 14.9 Å². The third-order valence-corrected chi connectivity index (χ3v) is 2.35. The Balaban J connectivity index is 2.61. The lowest BCUT2D eigenvalue weighted by Crippen LogP contribution is -2.25. The van der Waals surface area contributed by atoms with Crippen molar-refractivity contribution in [1.29, 1.82) is 0 Å². The highest BCUT2D eigenvalue weighted by Gasteiger charge is 2.11. The lowest BCUT2D eigenvalue weighted by atomic mass is 10.2. The van der Waals surface area contributed by atoms with Gasteiger partial charge in [-0.15, -0.1) is 0 Å². The molecule has 0 spiro atoms. The van der Waals surface area contributed by atoms with Crippen molar-refractivity contribution in [3.63, 3.8) is 0 Å². The van der Waals surface area contributed by atoms with Gasteiger partial charge in [-0.1, -0.05) is 0 Å². The van der Waals surface area contributed by atoms with Crippen molar-refractivity contribution in [3.8, 4) is 0 Å². The highest BCUT2D eigenvalue weighted by atomic mass is 16.5. The molecule has 0 fully saturated rings. The van der Waals surface area contributed by atoms with E-state index >= 15 is 0 Å². The van der Waals surface area contributed by atoms with Crippen molar-refractivity contribution in [2.75, 3.05) is 38.3 Å². The van der Waals surface area contributed by atoms with E-state index in [1.165, 1.54) is 6.20 Å². The first-order valence-corrected chi connectivity index (χ1v) is 5.53. The van der Waals surface area contributed by atoms with Gasteiger partial charge in [0.05, 0.1) is 31.1 Å². The number of aliphatic hydroxyl groups excluding tert-OH is 1. The molecule has 7 nitrogen and oxygen atoms in total. The number of hydrogen-bond donors (Lipinski definition) is 2. The van der Waals surface area contributed by atoms with Gasteiger partial charge in [0.2, 0.25) is 5.95 Å². The molecule has 0 saturated carbocycles. The molecule has 0 aromatic carbocycles. The molecule has 0 atom stereocenters. The van der Waals surface area contributed by atoms with E-state index in [1.54, 1.807) is 18.9 Å². The van der Waals surface area contributed by atoms with Gasteiger partial charge >= 0.3 is 5.97 Å². The number of likely N-dealkylation sites (N-methyl/N-ethyl adjacent to an activating group) is 1. The summed E-state index contributed by atoms with van der Waals surface area (Å²) in [5.41, 5.74) is 0.527. The Morgan fingerprint density at radius 3 is 2.78 bits per heavy atom. The van der Waals surface area contributed by atoms with Crippen LogP contribution in [0.2, 0.25) is 0 Å². The number of carboxylic acid groups (broad SMARTS) is 1. The largest absolute Gasteiger partial charge is 0.478 e. The van der Waals surface area contributed by atoms with E-state index in [1.807, 2.05) is 0 Å². The molecule has 18 heavy (non-hydrogen) atoms. The minimum atomic E-state index is -1.03. The minimum Gasteiger partial charge on any atom is -0.478 e. The molecule has 0 saturated heterocycles. The zero-order valence-electron chi connectivity index (χ0n) is 10.5. The van der Waals surface area contributed by atoms with Crippen LogP contribution >= 0.6 is 0 Å². The maximum absolute atomic E-state index is 10.8. The van der Waals surface area contributed by atoms with Crippen LogP contribution in [-0.2, 0) is 4.74 Å². The van der Waals surface area contributed by atoms with Crippen LogP contribution in [0.25, 0.3) is 0 Å². The first kappa shape index (κ1) is 14.3. The van der Waals surface area contributed by atoms with E-state index in [2.05, 4.69) is 9.97 Å². The van der Waals surface area contributed by atoms with Gasteiger partial charge in [0, 0.05) is 19.8 Å². The molecule has 100 valence electrons. The van der Waals surface area contributed by atoms with E-state index < -0.39 is 5.97 Å². The number of aromatic nitrogens is 2. The third-order valence-electron chi connectivity index (χ3n) is 2.35. The summed E-state index contributed by atoms with van der Waals surface area (Å²) in [5.74, 6) is -0.585. The Labute approximate surface area is 105 Å². The van der Waals surface area contributed by atoms with Crippen LogP contribution in [0.4, 0.5) is 5.95 Å². The van der Waals surface area contributed by atoms with Gasteiger partial charge in [-0.25, -0.2) is 14.8 Å². The third kappa shape index (κ3) is 3.94. The zero-order valence-corrected chi connectivity index (χ0v) is 10.5. The first-order chi connectivity index (χ1) is 8.56. The normalized spacial score (nSPS) is 10.4. The van der Waals surface area contributed by atoms with Gasteiger partial charge in [0.1, 0.15) is 0 Å². The molecule has 0 aliphatic heterocycles. The molecule has 1 heterocycles. The highest BCUT2D eigenvalue weighted by molar-refractivity contribution is 5.88. The van der Waals surface area contributed by atoms with E-state index in [0.29, 0.717) is 31.4 Å². The standard InChI is InChI=1S/C11H17N3O4/c1-8-9(10(16)17)7-12-11(13-8)14(2)3-5-18-6-4-15/h7,15H,3-6H2,1-2H3,(H,16,17). The van der Waals surface area contributed by atoms with E-state index in [-0.39, 0.29) is 12.2 Å². The maximum atomic E-state index is 10.8. The molecule has 0 bridgehead atoms. The Morgan fingerprint density at radius 1 is 1.50 bits per heavy atom. The molecular formula is C11H17N3O4. The van der Waals surface area contributed by atoms with Crippen LogP contribution in [0.3, 0.4) is 0 Å². The average Bonchev–Trinajstić information content (AvgIpc) is 2.33. The fourth-order valence-corrected chi connectivity index (χ4v) is 1.32. The van der Waals surface area contributed by atoms with Gasteiger partial charge in [0.15, 0.2) is 0 Å². The van der Waals surface area contributed by atoms with E-state index in [0.717, 1.165) is 0 Å². The smallest absolute Gasteiger partial charge is 0.339 e. The number of nitrogens with zero attached hydrogens (tertiary/aromatic N) is 3.